The summed E-state index contributed by atoms with van der Waals surface area (Å²) in [7, 11) is -2.00. The number of aryl methyl sites for hydroxylation is 2. The fourth-order valence-corrected chi connectivity index (χ4v) is 3.85. The number of anilines is 1. The number of imidazole rings is 1. The molecule has 7 nitrogen and oxygen atoms in total. The van der Waals surface area contributed by atoms with E-state index in [-0.39, 0.29) is 17.4 Å². The SMILES string of the molecule is Cc1nc(S(=O)(=O)NC2CC(=O)N(c3ccccc3)C2)cn1C. The lowest BCUT2D eigenvalue weighted by Gasteiger charge is -2.16. The Morgan fingerprint density at radius 1 is 1.26 bits per heavy atom. The molecule has 1 atom stereocenters. The average molecular weight is 334 g/mol. The maximum atomic E-state index is 12.4. The molecule has 0 spiro atoms. The normalized spacial score (nSPS) is 18.6. The third-order valence-electron chi connectivity index (χ3n) is 3.88. The summed E-state index contributed by atoms with van der Waals surface area (Å²) in [5.41, 5.74) is 0.771. The van der Waals surface area contributed by atoms with Gasteiger partial charge in [0.1, 0.15) is 5.82 Å². The zero-order valence-corrected chi connectivity index (χ0v) is 13.7. The molecule has 2 heterocycles. The Labute approximate surface area is 135 Å². The van der Waals surface area contributed by atoms with Gasteiger partial charge >= 0.3 is 0 Å². The molecular formula is C15H18N4O3S. The predicted octanol–water partition coefficient (Wildman–Crippen LogP) is 0.812. The van der Waals surface area contributed by atoms with Gasteiger partial charge in [0, 0.05) is 37.9 Å². The molecule has 0 saturated carbocycles. The van der Waals surface area contributed by atoms with Gasteiger partial charge < -0.3 is 9.47 Å². The number of hydrogen-bond donors (Lipinski definition) is 1. The number of benzene rings is 1. The van der Waals surface area contributed by atoms with E-state index in [1.165, 1.54) is 6.20 Å². The molecule has 0 radical (unpaired) electrons. The highest BCUT2D eigenvalue weighted by molar-refractivity contribution is 7.89. The van der Waals surface area contributed by atoms with E-state index in [2.05, 4.69) is 9.71 Å². The van der Waals surface area contributed by atoms with E-state index < -0.39 is 16.1 Å². The predicted molar refractivity (Wildman–Crippen MR) is 85.5 cm³/mol. The van der Waals surface area contributed by atoms with Crippen molar-refractivity contribution < 1.29 is 13.2 Å². The minimum Gasteiger partial charge on any atom is -0.337 e. The molecule has 1 aliphatic heterocycles. The third-order valence-corrected chi connectivity index (χ3v) is 5.27. The standard InChI is InChI=1S/C15H18N4O3S/c1-11-16-14(10-18(11)2)23(21,22)17-12-8-15(20)19(9-12)13-6-4-3-5-7-13/h3-7,10,12,17H,8-9H2,1-2H3. The number of nitrogens with zero attached hydrogens (tertiary/aromatic N) is 3. The van der Waals surface area contributed by atoms with Crippen LogP contribution in [-0.4, -0.2) is 36.5 Å². The topological polar surface area (TPSA) is 84.3 Å². The zero-order chi connectivity index (χ0) is 16.6. The number of carbonyl (C=O) groups excluding carboxylic acids is 1. The Morgan fingerprint density at radius 3 is 2.57 bits per heavy atom. The van der Waals surface area contributed by atoms with Crippen molar-refractivity contribution in [2.75, 3.05) is 11.4 Å². The van der Waals surface area contributed by atoms with Crippen LogP contribution in [0.4, 0.5) is 5.69 Å². The van der Waals surface area contributed by atoms with Crippen LogP contribution < -0.4 is 9.62 Å². The second-order valence-corrected chi connectivity index (χ2v) is 7.26. The van der Waals surface area contributed by atoms with Gasteiger partial charge in [0.25, 0.3) is 10.0 Å². The van der Waals surface area contributed by atoms with Crippen LogP contribution in [0.5, 0.6) is 0 Å². The second-order valence-electron chi connectivity index (χ2n) is 5.60. The first kappa shape index (κ1) is 15.7. The Hall–Kier alpha value is -2.19. The molecule has 1 fully saturated rings. The van der Waals surface area contributed by atoms with Gasteiger partial charge in [-0.15, -0.1) is 0 Å². The van der Waals surface area contributed by atoms with Crippen molar-refractivity contribution >= 4 is 21.6 Å². The fraction of sp³-hybridized carbons (Fsp3) is 0.333. The molecule has 1 saturated heterocycles. The molecule has 3 rings (SSSR count). The van der Waals surface area contributed by atoms with Crippen molar-refractivity contribution in [1.29, 1.82) is 0 Å². The van der Waals surface area contributed by atoms with Crippen LogP contribution >= 0.6 is 0 Å². The number of aromatic nitrogens is 2. The minimum absolute atomic E-state index is 0.0249. The number of nitrogens with one attached hydrogen (secondary N) is 1. The monoisotopic (exact) mass is 334 g/mol. The summed E-state index contributed by atoms with van der Waals surface area (Å²) >= 11 is 0. The maximum Gasteiger partial charge on any atom is 0.259 e. The molecule has 2 aromatic rings. The Kier molecular flexibility index (Phi) is 3.95. The Balaban J connectivity index is 1.75. The van der Waals surface area contributed by atoms with Gasteiger partial charge in [-0.05, 0) is 19.1 Å². The molecular weight excluding hydrogens is 316 g/mol. The molecule has 0 bridgehead atoms. The van der Waals surface area contributed by atoms with E-state index in [1.807, 2.05) is 30.3 Å². The van der Waals surface area contributed by atoms with Gasteiger partial charge in [0.05, 0.1) is 0 Å². The molecule has 1 aromatic heterocycles. The summed E-state index contributed by atoms with van der Waals surface area (Å²) in [6.45, 7) is 2.04. The first-order chi connectivity index (χ1) is 10.9. The highest BCUT2D eigenvalue weighted by Crippen LogP contribution is 2.22. The largest absolute Gasteiger partial charge is 0.337 e. The van der Waals surface area contributed by atoms with E-state index in [0.717, 1.165) is 5.69 Å². The van der Waals surface area contributed by atoms with Crippen LogP contribution in [0.15, 0.2) is 41.6 Å². The van der Waals surface area contributed by atoms with Crippen LogP contribution in [0, 0.1) is 6.92 Å². The summed E-state index contributed by atoms with van der Waals surface area (Å²) in [6.07, 6.45) is 1.60. The van der Waals surface area contributed by atoms with Crippen LogP contribution in [0.3, 0.4) is 0 Å². The van der Waals surface area contributed by atoms with E-state index in [1.54, 1.807) is 23.4 Å². The van der Waals surface area contributed by atoms with Gasteiger partial charge in [-0.1, -0.05) is 18.2 Å². The number of carbonyl (C=O) groups is 1. The number of hydrogen-bond acceptors (Lipinski definition) is 4. The average Bonchev–Trinajstić information content (AvgIpc) is 3.03. The molecule has 8 heteroatoms. The Bertz CT molecular complexity index is 810. The van der Waals surface area contributed by atoms with Gasteiger partial charge in [0.2, 0.25) is 5.91 Å². The summed E-state index contributed by atoms with van der Waals surface area (Å²) in [5, 5.41) is -0.0249. The van der Waals surface area contributed by atoms with E-state index in [4.69, 9.17) is 0 Å². The van der Waals surface area contributed by atoms with Crippen molar-refractivity contribution in [2.45, 2.75) is 24.4 Å². The lowest BCUT2D eigenvalue weighted by atomic mass is 10.3. The number of amides is 1. The van der Waals surface area contributed by atoms with Crippen LogP contribution in [-0.2, 0) is 21.9 Å². The first-order valence-electron chi connectivity index (χ1n) is 7.24. The highest BCUT2D eigenvalue weighted by atomic mass is 32.2. The maximum absolute atomic E-state index is 12.4. The zero-order valence-electron chi connectivity index (χ0n) is 12.9. The molecule has 1 aliphatic rings. The lowest BCUT2D eigenvalue weighted by Crippen LogP contribution is -2.37. The number of rotatable bonds is 4. The van der Waals surface area contributed by atoms with Crippen molar-refractivity contribution in [1.82, 2.24) is 14.3 Å². The summed E-state index contributed by atoms with van der Waals surface area (Å²) in [6, 6.07) is 8.75. The molecule has 1 amide bonds. The molecule has 122 valence electrons. The van der Waals surface area contributed by atoms with Crippen LogP contribution in [0.2, 0.25) is 0 Å². The Morgan fingerprint density at radius 2 is 1.96 bits per heavy atom. The molecule has 23 heavy (non-hydrogen) atoms. The molecule has 1 unspecified atom stereocenters. The van der Waals surface area contributed by atoms with Gasteiger partial charge in [-0.25, -0.2) is 18.1 Å². The smallest absolute Gasteiger partial charge is 0.259 e. The van der Waals surface area contributed by atoms with Gasteiger partial charge in [0.15, 0.2) is 5.03 Å². The van der Waals surface area contributed by atoms with Gasteiger partial charge in [-0.2, -0.15) is 0 Å². The lowest BCUT2D eigenvalue weighted by molar-refractivity contribution is -0.117. The van der Waals surface area contributed by atoms with Crippen LogP contribution in [0.25, 0.3) is 0 Å². The van der Waals surface area contributed by atoms with Crippen molar-refractivity contribution in [3.8, 4) is 0 Å². The third kappa shape index (κ3) is 3.13. The highest BCUT2D eigenvalue weighted by Gasteiger charge is 2.34. The molecule has 1 aromatic carbocycles. The quantitative estimate of drug-likeness (QED) is 0.897. The molecule has 1 N–H and O–H groups in total. The number of sulfonamides is 1. The van der Waals surface area contributed by atoms with E-state index in [9.17, 15) is 13.2 Å². The fourth-order valence-electron chi connectivity index (χ4n) is 2.58. The van der Waals surface area contributed by atoms with Crippen molar-refractivity contribution in [3.63, 3.8) is 0 Å². The van der Waals surface area contributed by atoms with Crippen molar-refractivity contribution in [2.24, 2.45) is 7.05 Å². The summed E-state index contributed by atoms with van der Waals surface area (Å²) in [4.78, 5) is 17.8. The van der Waals surface area contributed by atoms with E-state index >= 15 is 0 Å². The summed E-state index contributed by atoms with van der Waals surface area (Å²) in [5.74, 6) is 0.514. The summed E-state index contributed by atoms with van der Waals surface area (Å²) < 4.78 is 29.0. The van der Waals surface area contributed by atoms with Crippen molar-refractivity contribution in [3.05, 3.63) is 42.4 Å². The van der Waals surface area contributed by atoms with E-state index in [0.29, 0.717) is 12.4 Å². The van der Waals surface area contributed by atoms with Crippen LogP contribution in [0.1, 0.15) is 12.2 Å². The first-order valence-corrected chi connectivity index (χ1v) is 8.73. The van der Waals surface area contributed by atoms with Gasteiger partial charge in [-0.3, -0.25) is 4.79 Å². The second kappa shape index (κ2) is 5.78. The molecule has 0 aliphatic carbocycles. The minimum atomic E-state index is -3.74. The number of para-hydroxylation sites is 1.